The molecule has 6 heteroatoms. The van der Waals surface area contributed by atoms with Crippen molar-refractivity contribution in [2.75, 3.05) is 18.5 Å². The van der Waals surface area contributed by atoms with E-state index in [-0.39, 0.29) is 0 Å². The Hall–Kier alpha value is -1.95. The van der Waals surface area contributed by atoms with Crippen LogP contribution in [0.5, 0.6) is 0 Å². The zero-order valence-electron chi connectivity index (χ0n) is 11.5. The fourth-order valence-electron chi connectivity index (χ4n) is 1.81. The van der Waals surface area contributed by atoms with Gasteiger partial charge < -0.3 is 10.0 Å². The van der Waals surface area contributed by atoms with Crippen molar-refractivity contribution in [1.29, 1.82) is 0 Å². The molecule has 1 aromatic heterocycles. The number of hydrogen-bond acceptors (Lipinski definition) is 5. The van der Waals surface area contributed by atoms with E-state index in [0.29, 0.717) is 6.54 Å². The zero-order valence-corrected chi connectivity index (χ0v) is 12.3. The van der Waals surface area contributed by atoms with E-state index < -0.39 is 11.9 Å². The largest absolute Gasteiger partial charge is 0.481 e. The van der Waals surface area contributed by atoms with Crippen molar-refractivity contribution >= 4 is 22.4 Å². The second-order valence-corrected chi connectivity index (χ2v) is 5.80. The van der Waals surface area contributed by atoms with Crippen molar-refractivity contribution in [3.8, 4) is 0 Å². The van der Waals surface area contributed by atoms with Gasteiger partial charge in [0.15, 0.2) is 0 Å². The Morgan fingerprint density at radius 2 is 2.05 bits per heavy atom. The van der Waals surface area contributed by atoms with Gasteiger partial charge in [0.25, 0.3) is 0 Å². The van der Waals surface area contributed by atoms with Crippen LogP contribution in [0.15, 0.2) is 30.3 Å². The average Bonchev–Trinajstić information content (AvgIpc) is 2.88. The molecule has 1 heterocycles. The number of benzene rings is 1. The zero-order chi connectivity index (χ0) is 14.5. The number of nitrogens with zero attached hydrogens (tertiary/aromatic N) is 3. The van der Waals surface area contributed by atoms with E-state index in [9.17, 15) is 4.79 Å². The highest BCUT2D eigenvalue weighted by Gasteiger charge is 2.16. The molecule has 2 rings (SSSR count). The number of carboxylic acids is 1. The molecule has 0 saturated heterocycles. The molecule has 0 amide bonds. The summed E-state index contributed by atoms with van der Waals surface area (Å²) in [6, 6.07) is 10.1. The molecule has 106 valence electrons. The fourth-order valence-corrected chi connectivity index (χ4v) is 2.65. The lowest BCUT2D eigenvalue weighted by atomic mass is 10.2. The summed E-state index contributed by atoms with van der Waals surface area (Å²) in [4.78, 5) is 12.7. The second-order valence-electron chi connectivity index (χ2n) is 4.76. The van der Waals surface area contributed by atoms with Gasteiger partial charge in [0.1, 0.15) is 5.01 Å². The number of aromatic nitrogens is 2. The monoisotopic (exact) mass is 291 g/mol. The lowest BCUT2D eigenvalue weighted by Gasteiger charge is -2.17. The maximum Gasteiger partial charge on any atom is 0.308 e. The van der Waals surface area contributed by atoms with Crippen LogP contribution in [-0.2, 0) is 11.2 Å². The molecule has 0 bridgehead atoms. The smallest absolute Gasteiger partial charge is 0.308 e. The summed E-state index contributed by atoms with van der Waals surface area (Å²) < 4.78 is 0. The summed E-state index contributed by atoms with van der Waals surface area (Å²) in [5.74, 6) is -1.23. The second kappa shape index (κ2) is 6.47. The molecule has 5 nitrogen and oxygen atoms in total. The van der Waals surface area contributed by atoms with Crippen molar-refractivity contribution in [3.63, 3.8) is 0 Å². The number of hydrogen-bond donors (Lipinski definition) is 1. The van der Waals surface area contributed by atoms with E-state index in [1.165, 1.54) is 16.9 Å². The van der Waals surface area contributed by atoms with Crippen molar-refractivity contribution in [1.82, 2.24) is 10.2 Å². The third-order valence-corrected chi connectivity index (χ3v) is 3.99. The van der Waals surface area contributed by atoms with Crippen LogP contribution in [0.3, 0.4) is 0 Å². The Bertz CT molecular complexity index is 571. The average molecular weight is 291 g/mol. The van der Waals surface area contributed by atoms with Crippen LogP contribution in [0, 0.1) is 5.92 Å². The predicted octanol–water partition coefficient (Wildman–Crippen LogP) is 2.29. The summed E-state index contributed by atoms with van der Waals surface area (Å²) >= 11 is 1.50. The van der Waals surface area contributed by atoms with Gasteiger partial charge in [-0.2, -0.15) is 0 Å². The molecule has 0 aliphatic carbocycles. The highest BCUT2D eigenvalue weighted by molar-refractivity contribution is 7.15. The Morgan fingerprint density at radius 1 is 1.35 bits per heavy atom. The summed E-state index contributed by atoms with van der Waals surface area (Å²) in [5, 5.41) is 18.9. The van der Waals surface area contributed by atoms with Crippen molar-refractivity contribution in [2.45, 2.75) is 13.3 Å². The van der Waals surface area contributed by atoms with E-state index in [0.717, 1.165) is 16.6 Å². The molecule has 2 aromatic rings. The molecule has 1 unspecified atom stereocenters. The highest BCUT2D eigenvalue weighted by atomic mass is 32.1. The summed E-state index contributed by atoms with van der Waals surface area (Å²) in [7, 11) is 1.84. The van der Waals surface area contributed by atoms with Crippen LogP contribution < -0.4 is 4.90 Å². The number of carbonyl (C=O) groups is 1. The maximum absolute atomic E-state index is 10.9. The normalized spacial score (nSPS) is 12.1. The first kappa shape index (κ1) is 14.5. The summed E-state index contributed by atoms with van der Waals surface area (Å²) in [6.07, 6.45) is 0.751. The topological polar surface area (TPSA) is 66.3 Å². The molecule has 0 saturated carbocycles. The molecule has 0 aliphatic heterocycles. The van der Waals surface area contributed by atoms with Crippen LogP contribution in [0.2, 0.25) is 0 Å². The first-order chi connectivity index (χ1) is 9.56. The number of carboxylic acid groups (broad SMARTS) is 1. The van der Waals surface area contributed by atoms with Crippen molar-refractivity contribution in [2.24, 2.45) is 5.92 Å². The maximum atomic E-state index is 10.9. The number of rotatable bonds is 6. The molecule has 0 aliphatic rings. The first-order valence-corrected chi connectivity index (χ1v) is 7.18. The molecular formula is C14H17N3O2S. The Morgan fingerprint density at radius 3 is 2.70 bits per heavy atom. The quantitative estimate of drug-likeness (QED) is 0.884. The van der Waals surface area contributed by atoms with Crippen LogP contribution >= 0.6 is 11.3 Å². The Labute approximate surface area is 121 Å². The highest BCUT2D eigenvalue weighted by Crippen LogP contribution is 2.22. The third-order valence-electron chi connectivity index (χ3n) is 2.95. The van der Waals surface area contributed by atoms with E-state index in [1.54, 1.807) is 6.92 Å². The van der Waals surface area contributed by atoms with E-state index in [2.05, 4.69) is 22.3 Å². The van der Waals surface area contributed by atoms with Gasteiger partial charge >= 0.3 is 5.97 Å². The van der Waals surface area contributed by atoms with Crippen LogP contribution in [0.25, 0.3) is 0 Å². The summed E-state index contributed by atoms with van der Waals surface area (Å²) in [6.45, 7) is 2.11. The molecule has 0 spiro atoms. The molecular weight excluding hydrogens is 274 g/mol. The van der Waals surface area contributed by atoms with Crippen LogP contribution in [-0.4, -0.2) is 34.9 Å². The fraction of sp³-hybridized carbons (Fsp3) is 0.357. The molecule has 1 aromatic carbocycles. The Balaban J connectivity index is 2.00. The summed E-state index contributed by atoms with van der Waals surface area (Å²) in [5.41, 5.74) is 1.19. The third kappa shape index (κ3) is 3.77. The molecule has 1 atom stereocenters. The lowest BCUT2D eigenvalue weighted by molar-refractivity contribution is -0.140. The van der Waals surface area contributed by atoms with Gasteiger partial charge in [-0.3, -0.25) is 4.79 Å². The molecule has 0 radical (unpaired) electrons. The SMILES string of the molecule is CC(CN(C)c1nnc(Cc2ccccc2)s1)C(=O)O. The predicted molar refractivity (Wildman–Crippen MR) is 79.2 cm³/mol. The first-order valence-electron chi connectivity index (χ1n) is 6.36. The van der Waals surface area contributed by atoms with Crippen molar-refractivity contribution < 1.29 is 9.90 Å². The minimum Gasteiger partial charge on any atom is -0.481 e. The van der Waals surface area contributed by atoms with Gasteiger partial charge in [0, 0.05) is 20.0 Å². The molecule has 1 N–H and O–H groups in total. The van der Waals surface area contributed by atoms with E-state index in [1.807, 2.05) is 30.1 Å². The minimum absolute atomic E-state index is 0.426. The van der Waals surface area contributed by atoms with Gasteiger partial charge in [-0.15, -0.1) is 10.2 Å². The van der Waals surface area contributed by atoms with Gasteiger partial charge in [-0.25, -0.2) is 0 Å². The molecule has 0 fully saturated rings. The standard InChI is InChI=1S/C14H17N3O2S/c1-10(13(18)19)9-17(2)14-16-15-12(20-14)8-11-6-4-3-5-7-11/h3-7,10H,8-9H2,1-2H3,(H,18,19). The van der Waals surface area contributed by atoms with Crippen LogP contribution in [0.4, 0.5) is 5.13 Å². The van der Waals surface area contributed by atoms with Crippen molar-refractivity contribution in [3.05, 3.63) is 40.9 Å². The van der Waals surface area contributed by atoms with Gasteiger partial charge in [0.05, 0.1) is 5.92 Å². The molecule has 20 heavy (non-hydrogen) atoms. The number of anilines is 1. The van der Waals surface area contributed by atoms with Gasteiger partial charge in [0.2, 0.25) is 5.13 Å². The Kier molecular flexibility index (Phi) is 4.68. The van der Waals surface area contributed by atoms with E-state index in [4.69, 9.17) is 5.11 Å². The minimum atomic E-state index is -0.800. The number of aliphatic carboxylic acids is 1. The van der Waals surface area contributed by atoms with Gasteiger partial charge in [-0.1, -0.05) is 48.6 Å². The van der Waals surface area contributed by atoms with E-state index >= 15 is 0 Å². The lowest BCUT2D eigenvalue weighted by Crippen LogP contribution is -2.28. The van der Waals surface area contributed by atoms with Crippen LogP contribution in [0.1, 0.15) is 17.5 Å². The van der Waals surface area contributed by atoms with Gasteiger partial charge in [-0.05, 0) is 5.56 Å².